The second-order valence-electron chi connectivity index (χ2n) is 4.47. The summed E-state index contributed by atoms with van der Waals surface area (Å²) in [6.45, 7) is 8.55. The summed E-state index contributed by atoms with van der Waals surface area (Å²) in [6.07, 6.45) is 1.41. The van der Waals surface area contributed by atoms with Gasteiger partial charge in [-0.25, -0.2) is 0 Å². The first-order valence-corrected chi connectivity index (χ1v) is 5.35. The van der Waals surface area contributed by atoms with E-state index in [1.165, 1.54) is 0 Å². The smallest absolute Gasteiger partial charge is 0.306 e. The van der Waals surface area contributed by atoms with E-state index in [0.29, 0.717) is 18.9 Å². The van der Waals surface area contributed by atoms with Crippen molar-refractivity contribution < 1.29 is 9.53 Å². The molecule has 0 amide bonds. The molecular formula is C11H23NO2. The third kappa shape index (κ3) is 6.89. The number of esters is 1. The van der Waals surface area contributed by atoms with Gasteiger partial charge in [-0.15, -0.1) is 0 Å². The van der Waals surface area contributed by atoms with E-state index < -0.39 is 0 Å². The minimum Gasteiger partial charge on any atom is -0.463 e. The van der Waals surface area contributed by atoms with Crippen LogP contribution in [0.2, 0.25) is 0 Å². The second-order valence-corrected chi connectivity index (χ2v) is 4.47. The molecule has 3 nitrogen and oxygen atoms in total. The van der Waals surface area contributed by atoms with Gasteiger partial charge in [-0.3, -0.25) is 4.79 Å². The van der Waals surface area contributed by atoms with E-state index in [9.17, 15) is 4.79 Å². The fourth-order valence-corrected chi connectivity index (χ4v) is 1.48. The van der Waals surface area contributed by atoms with E-state index in [0.717, 1.165) is 6.42 Å². The van der Waals surface area contributed by atoms with Gasteiger partial charge in [0.2, 0.25) is 0 Å². The Morgan fingerprint density at radius 1 is 1.29 bits per heavy atom. The SMILES string of the molecule is CC(C)C[C@H](CN)CC(=O)OC(C)C. The minimum absolute atomic E-state index is 0.0278. The lowest BCUT2D eigenvalue weighted by molar-refractivity contribution is -0.148. The van der Waals surface area contributed by atoms with Gasteiger partial charge in [0.05, 0.1) is 6.10 Å². The van der Waals surface area contributed by atoms with Crippen molar-refractivity contribution in [1.82, 2.24) is 0 Å². The maximum absolute atomic E-state index is 11.3. The van der Waals surface area contributed by atoms with Crippen LogP contribution in [0.15, 0.2) is 0 Å². The average molecular weight is 201 g/mol. The summed E-state index contributed by atoms with van der Waals surface area (Å²) in [5, 5.41) is 0. The summed E-state index contributed by atoms with van der Waals surface area (Å²) in [7, 11) is 0. The Kier molecular flexibility index (Phi) is 6.54. The summed E-state index contributed by atoms with van der Waals surface area (Å²) in [6, 6.07) is 0. The molecule has 0 aliphatic rings. The van der Waals surface area contributed by atoms with Crippen LogP contribution in [0.3, 0.4) is 0 Å². The summed E-state index contributed by atoms with van der Waals surface area (Å²) >= 11 is 0. The molecule has 0 aromatic heterocycles. The summed E-state index contributed by atoms with van der Waals surface area (Å²) in [5.74, 6) is 0.716. The largest absolute Gasteiger partial charge is 0.463 e. The highest BCUT2D eigenvalue weighted by Gasteiger charge is 2.15. The van der Waals surface area contributed by atoms with Crippen LogP contribution in [0.5, 0.6) is 0 Å². The summed E-state index contributed by atoms with van der Waals surface area (Å²) in [5.41, 5.74) is 5.59. The van der Waals surface area contributed by atoms with E-state index in [2.05, 4.69) is 13.8 Å². The third-order valence-electron chi connectivity index (χ3n) is 1.96. The number of hydrogen-bond donors (Lipinski definition) is 1. The van der Waals surface area contributed by atoms with Gasteiger partial charge >= 0.3 is 5.97 Å². The van der Waals surface area contributed by atoms with E-state index in [1.54, 1.807) is 0 Å². The van der Waals surface area contributed by atoms with Crippen molar-refractivity contribution in [2.75, 3.05) is 6.54 Å². The molecule has 0 saturated heterocycles. The van der Waals surface area contributed by atoms with E-state index in [1.807, 2.05) is 13.8 Å². The second kappa shape index (κ2) is 6.82. The number of hydrogen-bond acceptors (Lipinski definition) is 3. The van der Waals surface area contributed by atoms with Crippen molar-refractivity contribution in [2.45, 2.75) is 46.6 Å². The van der Waals surface area contributed by atoms with E-state index >= 15 is 0 Å². The lowest BCUT2D eigenvalue weighted by atomic mass is 9.94. The summed E-state index contributed by atoms with van der Waals surface area (Å²) in [4.78, 5) is 11.3. The molecule has 0 aromatic carbocycles. The van der Waals surface area contributed by atoms with Crippen LogP contribution in [-0.4, -0.2) is 18.6 Å². The van der Waals surface area contributed by atoms with Crippen molar-refractivity contribution >= 4 is 5.97 Å². The number of carbonyl (C=O) groups excluding carboxylic acids is 1. The molecule has 0 aromatic rings. The number of ether oxygens (including phenoxy) is 1. The van der Waals surface area contributed by atoms with Gasteiger partial charge in [-0.05, 0) is 38.6 Å². The molecule has 0 rings (SSSR count). The van der Waals surface area contributed by atoms with Crippen molar-refractivity contribution in [2.24, 2.45) is 17.6 Å². The van der Waals surface area contributed by atoms with Crippen molar-refractivity contribution in [1.29, 1.82) is 0 Å². The van der Waals surface area contributed by atoms with Crippen LogP contribution in [-0.2, 0) is 9.53 Å². The molecule has 0 aliphatic carbocycles. The Morgan fingerprint density at radius 2 is 1.86 bits per heavy atom. The lowest BCUT2D eigenvalue weighted by Crippen LogP contribution is -2.22. The highest BCUT2D eigenvalue weighted by molar-refractivity contribution is 5.69. The van der Waals surface area contributed by atoms with Crippen LogP contribution in [0, 0.1) is 11.8 Å². The van der Waals surface area contributed by atoms with Gasteiger partial charge in [0.25, 0.3) is 0 Å². The summed E-state index contributed by atoms with van der Waals surface area (Å²) < 4.78 is 5.07. The maximum Gasteiger partial charge on any atom is 0.306 e. The first-order valence-electron chi connectivity index (χ1n) is 5.35. The van der Waals surface area contributed by atoms with E-state index in [4.69, 9.17) is 10.5 Å². The van der Waals surface area contributed by atoms with Crippen LogP contribution in [0.4, 0.5) is 0 Å². The first-order chi connectivity index (χ1) is 6.45. The zero-order valence-corrected chi connectivity index (χ0v) is 9.75. The zero-order valence-electron chi connectivity index (χ0n) is 9.75. The van der Waals surface area contributed by atoms with E-state index in [-0.39, 0.29) is 18.0 Å². The Bertz CT molecular complexity index is 167. The van der Waals surface area contributed by atoms with Crippen molar-refractivity contribution in [3.8, 4) is 0 Å². The molecule has 2 N–H and O–H groups in total. The molecule has 3 heteroatoms. The molecule has 1 atom stereocenters. The molecule has 0 heterocycles. The molecular weight excluding hydrogens is 178 g/mol. The van der Waals surface area contributed by atoms with Gasteiger partial charge in [0.15, 0.2) is 0 Å². The quantitative estimate of drug-likeness (QED) is 0.668. The van der Waals surface area contributed by atoms with Gasteiger partial charge in [-0.2, -0.15) is 0 Å². The van der Waals surface area contributed by atoms with Crippen LogP contribution < -0.4 is 5.73 Å². The molecule has 0 radical (unpaired) electrons. The molecule has 0 unspecified atom stereocenters. The Hall–Kier alpha value is -0.570. The fraction of sp³-hybridized carbons (Fsp3) is 0.909. The molecule has 14 heavy (non-hydrogen) atoms. The van der Waals surface area contributed by atoms with Crippen molar-refractivity contribution in [3.63, 3.8) is 0 Å². The standard InChI is InChI=1S/C11H23NO2/c1-8(2)5-10(7-12)6-11(13)14-9(3)4/h8-10H,5-7,12H2,1-4H3/t10-/m0/s1. The van der Waals surface area contributed by atoms with Crippen molar-refractivity contribution in [3.05, 3.63) is 0 Å². The molecule has 0 bridgehead atoms. The molecule has 0 spiro atoms. The Labute approximate surface area is 87.0 Å². The normalized spacial score (nSPS) is 13.4. The molecule has 0 saturated carbocycles. The number of rotatable bonds is 6. The number of carbonyl (C=O) groups is 1. The Morgan fingerprint density at radius 3 is 2.21 bits per heavy atom. The fourth-order valence-electron chi connectivity index (χ4n) is 1.48. The first kappa shape index (κ1) is 13.4. The number of nitrogens with two attached hydrogens (primary N) is 1. The lowest BCUT2D eigenvalue weighted by Gasteiger charge is -2.17. The predicted octanol–water partition coefficient (Wildman–Crippen LogP) is 1.95. The van der Waals surface area contributed by atoms with Gasteiger partial charge in [0, 0.05) is 6.42 Å². The topological polar surface area (TPSA) is 52.3 Å². The van der Waals surface area contributed by atoms with Crippen LogP contribution in [0.25, 0.3) is 0 Å². The molecule has 84 valence electrons. The maximum atomic E-state index is 11.3. The van der Waals surface area contributed by atoms with Gasteiger partial charge in [-0.1, -0.05) is 13.8 Å². The zero-order chi connectivity index (χ0) is 11.1. The Balaban J connectivity index is 3.86. The monoisotopic (exact) mass is 201 g/mol. The van der Waals surface area contributed by atoms with Gasteiger partial charge < -0.3 is 10.5 Å². The minimum atomic E-state index is -0.129. The third-order valence-corrected chi connectivity index (χ3v) is 1.96. The highest BCUT2D eigenvalue weighted by Crippen LogP contribution is 2.15. The van der Waals surface area contributed by atoms with Crippen LogP contribution >= 0.6 is 0 Å². The van der Waals surface area contributed by atoms with Crippen LogP contribution in [0.1, 0.15) is 40.5 Å². The highest BCUT2D eigenvalue weighted by atomic mass is 16.5. The average Bonchev–Trinajstić information content (AvgIpc) is 2.00. The molecule has 0 fully saturated rings. The molecule has 0 aliphatic heterocycles. The predicted molar refractivity (Wildman–Crippen MR) is 57.8 cm³/mol. The van der Waals surface area contributed by atoms with Gasteiger partial charge in [0.1, 0.15) is 0 Å².